The Labute approximate surface area is 190 Å². The van der Waals surface area contributed by atoms with E-state index < -0.39 is 0 Å². The van der Waals surface area contributed by atoms with Gasteiger partial charge in [-0.1, -0.05) is 35.9 Å². The molecule has 8 heteroatoms. The minimum Gasteiger partial charge on any atom is -0.349 e. The minimum absolute atomic E-state index is 0.151. The molecule has 2 heterocycles. The number of nitrogens with one attached hydrogen (secondary N) is 1. The predicted molar refractivity (Wildman–Crippen MR) is 126 cm³/mol. The van der Waals surface area contributed by atoms with Crippen LogP contribution in [0.5, 0.6) is 0 Å². The lowest BCUT2D eigenvalue weighted by Crippen LogP contribution is -2.28. The Balaban J connectivity index is 1.84. The van der Waals surface area contributed by atoms with Crippen molar-refractivity contribution < 1.29 is 4.39 Å². The van der Waals surface area contributed by atoms with Gasteiger partial charge in [0, 0.05) is 5.02 Å². The maximum atomic E-state index is 13.8. The lowest BCUT2D eigenvalue weighted by molar-refractivity contribution is 0.366. The summed E-state index contributed by atoms with van der Waals surface area (Å²) < 4.78 is 17.1. The maximum Gasteiger partial charge on any atom is 0.266 e. The number of aromatic nitrogens is 4. The van der Waals surface area contributed by atoms with Crippen molar-refractivity contribution in [3.63, 3.8) is 0 Å². The molecule has 0 aliphatic heterocycles. The Morgan fingerprint density at radius 2 is 1.88 bits per heavy atom. The van der Waals surface area contributed by atoms with Gasteiger partial charge in [-0.25, -0.2) is 9.07 Å². The van der Waals surface area contributed by atoms with E-state index in [1.165, 1.54) is 16.7 Å². The first kappa shape index (κ1) is 22.0. The molecule has 0 radical (unpaired) electrons. The largest absolute Gasteiger partial charge is 0.349 e. The molecule has 32 heavy (non-hydrogen) atoms. The van der Waals surface area contributed by atoms with Gasteiger partial charge in [-0.3, -0.25) is 9.36 Å². The highest BCUT2D eigenvalue weighted by molar-refractivity contribution is 6.30. The molecule has 1 N–H and O–H groups in total. The van der Waals surface area contributed by atoms with Crippen LogP contribution < -0.4 is 10.9 Å². The smallest absolute Gasteiger partial charge is 0.266 e. The highest BCUT2D eigenvalue weighted by atomic mass is 35.5. The Kier molecular flexibility index (Phi) is 5.77. The van der Waals surface area contributed by atoms with Crippen LogP contribution in [0.2, 0.25) is 5.02 Å². The van der Waals surface area contributed by atoms with Gasteiger partial charge in [0.15, 0.2) is 5.65 Å². The first-order valence-corrected chi connectivity index (χ1v) is 10.8. The third kappa shape index (κ3) is 4.39. The summed E-state index contributed by atoms with van der Waals surface area (Å²) in [4.78, 5) is 18.3. The fourth-order valence-corrected chi connectivity index (χ4v) is 3.72. The molecule has 0 spiro atoms. The Bertz CT molecular complexity index is 1320. The van der Waals surface area contributed by atoms with E-state index in [1.54, 1.807) is 23.0 Å². The summed E-state index contributed by atoms with van der Waals surface area (Å²) in [7, 11) is 0. The van der Waals surface area contributed by atoms with Crippen LogP contribution >= 0.6 is 11.6 Å². The van der Waals surface area contributed by atoms with E-state index in [9.17, 15) is 9.18 Å². The third-order valence-electron chi connectivity index (χ3n) is 5.27. The normalized spacial score (nSPS) is 12.8. The van der Waals surface area contributed by atoms with Crippen LogP contribution in [0.1, 0.15) is 44.9 Å². The molecule has 4 rings (SSSR count). The average Bonchev–Trinajstić information content (AvgIpc) is 3.16. The lowest BCUT2D eigenvalue weighted by Gasteiger charge is -2.22. The second kappa shape index (κ2) is 8.39. The lowest BCUT2D eigenvalue weighted by atomic mass is 10.1. The molecule has 0 unspecified atom stereocenters. The Hall–Kier alpha value is -3.19. The fourth-order valence-electron chi connectivity index (χ4n) is 3.60. The monoisotopic (exact) mass is 453 g/mol. The predicted octanol–water partition coefficient (Wildman–Crippen LogP) is 5.36. The molecule has 2 aromatic carbocycles. The summed E-state index contributed by atoms with van der Waals surface area (Å²) in [6, 6.07) is 13.5. The number of anilines is 1. The summed E-state index contributed by atoms with van der Waals surface area (Å²) in [5, 5.41) is 8.84. The molecule has 0 aliphatic carbocycles. The molecular weight excluding hydrogens is 429 g/mol. The molecule has 0 fully saturated rings. The van der Waals surface area contributed by atoms with Crippen LogP contribution in [0, 0.1) is 5.82 Å². The third-order valence-corrected chi connectivity index (χ3v) is 5.52. The van der Waals surface area contributed by atoms with Gasteiger partial charge < -0.3 is 5.32 Å². The van der Waals surface area contributed by atoms with Gasteiger partial charge in [-0.15, -0.1) is 0 Å². The number of fused-ring (bicyclic) bond motifs is 1. The number of benzene rings is 2. The molecule has 6 nitrogen and oxygen atoms in total. The highest BCUT2D eigenvalue weighted by Crippen LogP contribution is 2.24. The van der Waals surface area contributed by atoms with Crippen LogP contribution in [0.25, 0.3) is 11.0 Å². The zero-order valence-electron chi connectivity index (χ0n) is 18.4. The van der Waals surface area contributed by atoms with Gasteiger partial charge in [0.25, 0.3) is 5.56 Å². The Morgan fingerprint density at radius 3 is 2.53 bits per heavy atom. The quantitative estimate of drug-likeness (QED) is 0.441. The van der Waals surface area contributed by atoms with E-state index in [2.05, 4.69) is 10.4 Å². The zero-order chi connectivity index (χ0) is 23.0. The highest BCUT2D eigenvalue weighted by Gasteiger charge is 2.22. The molecule has 4 aromatic rings. The van der Waals surface area contributed by atoms with E-state index in [0.29, 0.717) is 27.6 Å². The zero-order valence-corrected chi connectivity index (χ0v) is 19.2. The Morgan fingerprint density at radius 1 is 1.16 bits per heavy atom. The summed E-state index contributed by atoms with van der Waals surface area (Å²) in [5.74, 6) is 0.0365. The SMILES string of the molecule is C[C@@H](Nc1nc2c(cnn2C(C)(C)C)c(=O)n1Cc1cccc(F)c1)c1ccc(Cl)cc1. The van der Waals surface area contributed by atoms with Crippen molar-refractivity contribution in [1.29, 1.82) is 0 Å². The number of nitrogens with zero attached hydrogens (tertiary/aromatic N) is 4. The van der Waals surface area contributed by atoms with Crippen molar-refractivity contribution >= 4 is 28.6 Å². The number of halogens is 2. The topological polar surface area (TPSA) is 64.7 Å². The van der Waals surface area contributed by atoms with E-state index in [-0.39, 0.29) is 29.5 Å². The number of rotatable bonds is 5. The summed E-state index contributed by atoms with van der Waals surface area (Å²) in [6.45, 7) is 8.16. The van der Waals surface area contributed by atoms with E-state index in [0.717, 1.165) is 5.56 Å². The number of hydrogen-bond acceptors (Lipinski definition) is 4. The average molecular weight is 454 g/mol. The van der Waals surface area contributed by atoms with Gasteiger partial charge in [-0.2, -0.15) is 10.1 Å². The second-order valence-electron chi connectivity index (χ2n) is 8.84. The number of hydrogen-bond donors (Lipinski definition) is 1. The fraction of sp³-hybridized carbons (Fsp3) is 0.292. The molecule has 0 saturated carbocycles. The van der Waals surface area contributed by atoms with Crippen molar-refractivity contribution in [2.45, 2.75) is 45.8 Å². The standard InChI is InChI=1S/C24H25ClFN5O/c1-15(17-8-10-18(25)11-9-17)28-23-29-21-20(13-27-31(21)24(2,3)4)22(32)30(23)14-16-6-5-7-19(26)12-16/h5-13,15H,14H2,1-4H3,(H,28,29)/t15-/m1/s1. The summed E-state index contributed by atoms with van der Waals surface area (Å²) >= 11 is 6.02. The van der Waals surface area contributed by atoms with Crippen molar-refractivity contribution in [2.75, 3.05) is 5.32 Å². The minimum atomic E-state index is -0.353. The van der Waals surface area contributed by atoms with Crippen LogP contribution in [0.15, 0.2) is 59.5 Å². The van der Waals surface area contributed by atoms with Crippen molar-refractivity contribution in [2.24, 2.45) is 0 Å². The van der Waals surface area contributed by atoms with Gasteiger partial charge in [-0.05, 0) is 63.1 Å². The second-order valence-corrected chi connectivity index (χ2v) is 9.28. The molecule has 2 aromatic heterocycles. The molecule has 0 saturated heterocycles. The van der Waals surface area contributed by atoms with Crippen molar-refractivity contribution in [3.8, 4) is 0 Å². The maximum absolute atomic E-state index is 13.8. The van der Waals surface area contributed by atoms with Crippen molar-refractivity contribution in [1.82, 2.24) is 19.3 Å². The summed E-state index contributed by atoms with van der Waals surface area (Å²) in [5.41, 5.74) is 1.57. The van der Waals surface area contributed by atoms with Crippen LogP contribution in [0.4, 0.5) is 10.3 Å². The van der Waals surface area contributed by atoms with Crippen LogP contribution in [0.3, 0.4) is 0 Å². The van der Waals surface area contributed by atoms with Crippen LogP contribution in [-0.4, -0.2) is 19.3 Å². The first-order chi connectivity index (χ1) is 15.1. The van der Waals surface area contributed by atoms with Gasteiger partial charge in [0.2, 0.25) is 5.95 Å². The van der Waals surface area contributed by atoms with E-state index in [4.69, 9.17) is 16.6 Å². The molecule has 0 bridgehead atoms. The van der Waals surface area contributed by atoms with Crippen LogP contribution in [-0.2, 0) is 12.1 Å². The van der Waals surface area contributed by atoms with Gasteiger partial charge in [0.1, 0.15) is 11.2 Å². The molecular formula is C24H25ClFN5O. The van der Waals surface area contributed by atoms with Gasteiger partial charge in [0.05, 0.1) is 24.3 Å². The first-order valence-electron chi connectivity index (χ1n) is 10.4. The van der Waals surface area contributed by atoms with Crippen molar-refractivity contribution in [3.05, 3.63) is 87.0 Å². The molecule has 1 atom stereocenters. The summed E-state index contributed by atoms with van der Waals surface area (Å²) in [6.07, 6.45) is 1.55. The molecule has 0 aliphatic rings. The molecule has 166 valence electrons. The van der Waals surface area contributed by atoms with Gasteiger partial charge >= 0.3 is 0 Å². The van der Waals surface area contributed by atoms with E-state index >= 15 is 0 Å². The van der Waals surface area contributed by atoms with E-state index in [1.807, 2.05) is 52.0 Å². The molecule has 0 amide bonds.